The Kier molecular flexibility index (Phi) is 4.67. The Balaban J connectivity index is 1.66. The van der Waals surface area contributed by atoms with Crippen LogP contribution in [0, 0.1) is 5.82 Å². The Morgan fingerprint density at radius 3 is 2.41 bits per heavy atom. The standard InChI is InChI=1S/C20H13FN4OS/c21-15-8-3-1-6-13(15)20-25-17(12-27-20)14-7-2-4-9-16(14)24-19(26)18-22-10-5-11-23-18/h1-12H,(H,24,26). The van der Waals surface area contributed by atoms with Crippen LogP contribution in [0.5, 0.6) is 0 Å². The maximum atomic E-state index is 14.0. The van der Waals surface area contributed by atoms with Gasteiger partial charge in [-0.15, -0.1) is 11.3 Å². The van der Waals surface area contributed by atoms with Crippen LogP contribution in [0.3, 0.4) is 0 Å². The molecule has 27 heavy (non-hydrogen) atoms. The summed E-state index contributed by atoms with van der Waals surface area (Å²) in [6.07, 6.45) is 3.02. The van der Waals surface area contributed by atoms with Gasteiger partial charge in [-0.05, 0) is 24.3 Å². The van der Waals surface area contributed by atoms with Gasteiger partial charge in [0.1, 0.15) is 10.8 Å². The Bertz CT molecular complexity index is 1100. The van der Waals surface area contributed by atoms with Crippen LogP contribution in [0.1, 0.15) is 10.6 Å². The van der Waals surface area contributed by atoms with Gasteiger partial charge in [-0.25, -0.2) is 19.3 Å². The fourth-order valence-electron chi connectivity index (χ4n) is 2.57. The second kappa shape index (κ2) is 7.43. The highest BCUT2D eigenvalue weighted by molar-refractivity contribution is 7.13. The number of hydrogen-bond donors (Lipinski definition) is 1. The van der Waals surface area contributed by atoms with Crippen LogP contribution in [0.25, 0.3) is 21.8 Å². The van der Waals surface area contributed by atoms with Crippen LogP contribution in [-0.4, -0.2) is 20.9 Å². The van der Waals surface area contributed by atoms with Crippen molar-refractivity contribution in [2.24, 2.45) is 0 Å². The van der Waals surface area contributed by atoms with E-state index in [9.17, 15) is 9.18 Å². The van der Waals surface area contributed by atoms with E-state index in [0.29, 0.717) is 22.0 Å². The molecule has 4 rings (SSSR count). The smallest absolute Gasteiger partial charge is 0.293 e. The maximum absolute atomic E-state index is 14.0. The van der Waals surface area contributed by atoms with Crippen molar-refractivity contribution in [1.82, 2.24) is 15.0 Å². The summed E-state index contributed by atoms with van der Waals surface area (Å²) < 4.78 is 14.0. The molecule has 0 saturated heterocycles. The second-order valence-electron chi connectivity index (χ2n) is 5.59. The first-order valence-corrected chi connectivity index (χ1v) is 8.98. The molecule has 0 fully saturated rings. The highest BCUT2D eigenvalue weighted by atomic mass is 32.1. The number of halogens is 1. The third-order valence-electron chi connectivity index (χ3n) is 3.83. The fraction of sp³-hybridized carbons (Fsp3) is 0. The average Bonchev–Trinajstić information content (AvgIpc) is 3.19. The summed E-state index contributed by atoms with van der Waals surface area (Å²) in [6.45, 7) is 0. The number of anilines is 1. The molecule has 0 aliphatic rings. The molecule has 0 saturated carbocycles. The lowest BCUT2D eigenvalue weighted by molar-refractivity contribution is 0.101. The molecule has 0 unspecified atom stereocenters. The molecule has 2 aromatic heterocycles. The predicted octanol–water partition coefficient (Wildman–Crippen LogP) is 4.66. The van der Waals surface area contributed by atoms with Crippen LogP contribution < -0.4 is 5.32 Å². The molecule has 2 heterocycles. The van der Waals surface area contributed by atoms with Crippen molar-refractivity contribution in [1.29, 1.82) is 0 Å². The molecule has 0 aliphatic heterocycles. The van der Waals surface area contributed by atoms with Gasteiger partial charge in [-0.1, -0.05) is 30.3 Å². The molecule has 7 heteroatoms. The van der Waals surface area contributed by atoms with E-state index in [4.69, 9.17) is 0 Å². The zero-order valence-electron chi connectivity index (χ0n) is 14.0. The van der Waals surface area contributed by atoms with E-state index in [-0.39, 0.29) is 11.6 Å². The number of rotatable bonds is 4. The van der Waals surface area contributed by atoms with E-state index in [1.165, 1.54) is 29.8 Å². The minimum Gasteiger partial charge on any atom is -0.319 e. The van der Waals surface area contributed by atoms with Crippen molar-refractivity contribution >= 4 is 22.9 Å². The summed E-state index contributed by atoms with van der Waals surface area (Å²) in [6, 6.07) is 15.4. The van der Waals surface area contributed by atoms with Crippen molar-refractivity contribution in [3.8, 4) is 21.8 Å². The van der Waals surface area contributed by atoms with Crippen molar-refractivity contribution in [3.63, 3.8) is 0 Å². The average molecular weight is 376 g/mol. The van der Waals surface area contributed by atoms with Crippen molar-refractivity contribution in [2.75, 3.05) is 5.32 Å². The molecule has 5 nitrogen and oxygen atoms in total. The number of aromatic nitrogens is 3. The molecule has 2 aromatic carbocycles. The molecule has 132 valence electrons. The van der Waals surface area contributed by atoms with Crippen LogP contribution in [0.15, 0.2) is 72.4 Å². The third kappa shape index (κ3) is 3.58. The summed E-state index contributed by atoms with van der Waals surface area (Å²) >= 11 is 1.35. The van der Waals surface area contributed by atoms with Gasteiger partial charge >= 0.3 is 0 Å². The Hall–Kier alpha value is -3.45. The van der Waals surface area contributed by atoms with Gasteiger partial charge in [0.2, 0.25) is 5.82 Å². The lowest BCUT2D eigenvalue weighted by atomic mass is 10.1. The normalized spacial score (nSPS) is 10.6. The molecule has 0 radical (unpaired) electrons. The molecule has 4 aromatic rings. The summed E-state index contributed by atoms with van der Waals surface area (Å²) in [5.74, 6) is -0.647. The van der Waals surface area contributed by atoms with E-state index in [1.54, 1.807) is 30.3 Å². The zero-order chi connectivity index (χ0) is 18.6. The summed E-state index contributed by atoms with van der Waals surface area (Å²) in [4.78, 5) is 24.8. The number of nitrogens with one attached hydrogen (secondary N) is 1. The van der Waals surface area contributed by atoms with Crippen LogP contribution >= 0.6 is 11.3 Å². The maximum Gasteiger partial charge on any atom is 0.293 e. The highest BCUT2D eigenvalue weighted by Gasteiger charge is 2.15. The number of hydrogen-bond acceptors (Lipinski definition) is 5. The van der Waals surface area contributed by atoms with E-state index in [0.717, 1.165) is 5.56 Å². The molecular formula is C20H13FN4OS. The van der Waals surface area contributed by atoms with E-state index in [2.05, 4.69) is 20.3 Å². The number of para-hydroxylation sites is 1. The zero-order valence-corrected chi connectivity index (χ0v) is 14.8. The summed E-state index contributed by atoms with van der Waals surface area (Å²) in [7, 11) is 0. The predicted molar refractivity (Wildman–Crippen MR) is 103 cm³/mol. The number of amides is 1. The largest absolute Gasteiger partial charge is 0.319 e. The van der Waals surface area contributed by atoms with Crippen molar-refractivity contribution in [2.45, 2.75) is 0 Å². The first-order chi connectivity index (χ1) is 13.2. The van der Waals surface area contributed by atoms with Gasteiger partial charge in [-0.3, -0.25) is 4.79 Å². The minimum absolute atomic E-state index is 0.0811. The molecule has 0 atom stereocenters. The van der Waals surface area contributed by atoms with Crippen LogP contribution in [-0.2, 0) is 0 Å². The van der Waals surface area contributed by atoms with Gasteiger partial charge in [0.25, 0.3) is 5.91 Å². The molecule has 0 aliphatic carbocycles. The number of benzene rings is 2. The molecule has 1 amide bonds. The molecule has 0 bridgehead atoms. The van der Waals surface area contributed by atoms with Crippen molar-refractivity contribution in [3.05, 3.63) is 84.0 Å². The SMILES string of the molecule is O=C(Nc1ccccc1-c1csc(-c2ccccc2F)n1)c1ncccn1. The lowest BCUT2D eigenvalue weighted by Crippen LogP contribution is -2.15. The van der Waals surface area contributed by atoms with E-state index < -0.39 is 5.91 Å². The number of carbonyl (C=O) groups is 1. The molecule has 0 spiro atoms. The second-order valence-corrected chi connectivity index (χ2v) is 6.45. The number of carbonyl (C=O) groups excluding carboxylic acids is 1. The monoisotopic (exact) mass is 376 g/mol. The van der Waals surface area contributed by atoms with E-state index >= 15 is 0 Å². The quantitative estimate of drug-likeness (QED) is 0.563. The topological polar surface area (TPSA) is 67.8 Å². The number of nitrogens with zero attached hydrogens (tertiary/aromatic N) is 3. The van der Waals surface area contributed by atoms with Crippen LogP contribution in [0.4, 0.5) is 10.1 Å². The minimum atomic E-state index is -0.410. The first-order valence-electron chi connectivity index (χ1n) is 8.10. The van der Waals surface area contributed by atoms with Gasteiger partial charge in [0.15, 0.2) is 0 Å². The Morgan fingerprint density at radius 2 is 1.63 bits per heavy atom. The summed E-state index contributed by atoms with van der Waals surface area (Å²) in [5.41, 5.74) is 2.43. The lowest BCUT2D eigenvalue weighted by Gasteiger charge is -2.08. The van der Waals surface area contributed by atoms with Gasteiger partial charge in [0.05, 0.1) is 11.4 Å². The van der Waals surface area contributed by atoms with Gasteiger partial charge < -0.3 is 5.32 Å². The third-order valence-corrected chi connectivity index (χ3v) is 4.70. The van der Waals surface area contributed by atoms with E-state index in [1.807, 2.05) is 23.6 Å². The first kappa shape index (κ1) is 17.0. The van der Waals surface area contributed by atoms with Crippen LogP contribution in [0.2, 0.25) is 0 Å². The molecule has 1 N–H and O–H groups in total. The van der Waals surface area contributed by atoms with Gasteiger partial charge in [-0.2, -0.15) is 0 Å². The highest BCUT2D eigenvalue weighted by Crippen LogP contribution is 2.33. The summed E-state index contributed by atoms with van der Waals surface area (Å²) in [5, 5.41) is 5.23. The van der Waals surface area contributed by atoms with Gasteiger partial charge in [0, 0.05) is 28.9 Å². The Morgan fingerprint density at radius 1 is 0.926 bits per heavy atom. The number of thiazole rings is 1. The fourth-order valence-corrected chi connectivity index (χ4v) is 3.41. The Labute approximate surface area is 158 Å². The molecular weight excluding hydrogens is 363 g/mol. The van der Waals surface area contributed by atoms with Crippen molar-refractivity contribution < 1.29 is 9.18 Å².